The van der Waals surface area contributed by atoms with Crippen molar-refractivity contribution in [3.05, 3.63) is 70.2 Å². The predicted molar refractivity (Wildman–Crippen MR) is 118 cm³/mol. The Morgan fingerprint density at radius 1 is 1.16 bits per heavy atom. The molecular weight excluding hydrogens is 435 g/mol. The minimum Gasteiger partial charge on any atom is -0.497 e. The van der Waals surface area contributed by atoms with Gasteiger partial charge in [-0.1, -0.05) is 22.8 Å². The van der Waals surface area contributed by atoms with Gasteiger partial charge in [0.05, 0.1) is 17.7 Å². The molecule has 0 N–H and O–H groups in total. The second kappa shape index (κ2) is 9.12. The summed E-state index contributed by atoms with van der Waals surface area (Å²) in [4.78, 5) is 27.8. The van der Waals surface area contributed by atoms with Gasteiger partial charge in [-0.05, 0) is 56.2 Å². The average Bonchev–Trinajstić information content (AvgIpc) is 3.19. The van der Waals surface area contributed by atoms with E-state index in [4.69, 9.17) is 20.9 Å². The second-order valence-corrected chi connectivity index (χ2v) is 8.13. The molecule has 3 aromatic rings. The van der Waals surface area contributed by atoms with Crippen LogP contribution in [0.4, 0.5) is 4.39 Å². The average molecular weight is 457 g/mol. The molecule has 4 rings (SSSR count). The van der Waals surface area contributed by atoms with Gasteiger partial charge in [0, 0.05) is 24.6 Å². The highest BCUT2D eigenvalue weighted by molar-refractivity contribution is 6.33. The zero-order valence-electron chi connectivity index (χ0n) is 17.7. The highest BCUT2D eigenvalue weighted by Crippen LogP contribution is 2.34. The van der Waals surface area contributed by atoms with Crippen LogP contribution in [0.25, 0.3) is 11.3 Å². The largest absolute Gasteiger partial charge is 0.497 e. The van der Waals surface area contributed by atoms with Crippen LogP contribution in [-0.2, 0) is 0 Å². The number of methoxy groups -OCH3 is 1. The molecule has 0 spiro atoms. The van der Waals surface area contributed by atoms with Crippen molar-refractivity contribution in [1.29, 1.82) is 0 Å². The highest BCUT2D eigenvalue weighted by atomic mass is 35.5. The van der Waals surface area contributed by atoms with Crippen LogP contribution in [0.3, 0.4) is 0 Å². The SMILES string of the molecule is COc1ccc(C(=O)C2CCN(C(=O)c3c(-c4c(F)cccc4Cl)noc3C)CC2)cc1. The summed E-state index contributed by atoms with van der Waals surface area (Å²) in [7, 11) is 1.58. The number of carbonyl (C=O) groups excluding carboxylic acids is 2. The number of aromatic nitrogens is 1. The third kappa shape index (κ3) is 4.12. The molecule has 8 heteroatoms. The topological polar surface area (TPSA) is 72.6 Å². The zero-order chi connectivity index (χ0) is 22.8. The molecule has 1 saturated heterocycles. The summed E-state index contributed by atoms with van der Waals surface area (Å²) >= 11 is 6.18. The monoisotopic (exact) mass is 456 g/mol. The van der Waals surface area contributed by atoms with Crippen molar-refractivity contribution in [3.8, 4) is 17.0 Å². The molecule has 166 valence electrons. The van der Waals surface area contributed by atoms with Gasteiger partial charge in [-0.2, -0.15) is 0 Å². The summed E-state index contributed by atoms with van der Waals surface area (Å²) in [6.45, 7) is 2.42. The Kier molecular flexibility index (Phi) is 6.28. The minimum absolute atomic E-state index is 0.0407. The summed E-state index contributed by atoms with van der Waals surface area (Å²) < 4.78 is 24.8. The number of Topliss-reactive ketones (excluding diaryl/α,β-unsaturated/α-hetero) is 1. The first kappa shape index (κ1) is 22.0. The van der Waals surface area contributed by atoms with E-state index in [9.17, 15) is 14.0 Å². The molecule has 0 unspecified atom stereocenters. The molecule has 0 bridgehead atoms. The number of hydrogen-bond donors (Lipinski definition) is 0. The van der Waals surface area contributed by atoms with Gasteiger partial charge < -0.3 is 14.2 Å². The van der Waals surface area contributed by atoms with E-state index in [1.54, 1.807) is 43.2 Å². The van der Waals surface area contributed by atoms with E-state index in [1.807, 2.05) is 0 Å². The normalized spacial score (nSPS) is 14.4. The maximum atomic E-state index is 14.4. The van der Waals surface area contributed by atoms with Gasteiger partial charge in [-0.3, -0.25) is 9.59 Å². The molecular formula is C24H22ClFN2O4. The highest BCUT2D eigenvalue weighted by Gasteiger charge is 2.32. The number of amides is 1. The van der Waals surface area contributed by atoms with Crippen LogP contribution in [-0.4, -0.2) is 41.9 Å². The quantitative estimate of drug-likeness (QED) is 0.494. The standard InChI is InChI=1S/C24H22ClFN2O4/c1-14-20(22(27-32-14)21-18(25)4-3-5-19(21)26)24(30)28-12-10-16(11-13-28)23(29)15-6-8-17(31-2)9-7-15/h3-9,16H,10-13H2,1-2H3. The first-order chi connectivity index (χ1) is 15.4. The third-order valence-electron chi connectivity index (χ3n) is 5.80. The molecule has 32 heavy (non-hydrogen) atoms. The number of carbonyl (C=O) groups is 2. The van der Waals surface area contributed by atoms with Crippen LogP contribution in [0.2, 0.25) is 5.02 Å². The van der Waals surface area contributed by atoms with Gasteiger partial charge in [0.25, 0.3) is 5.91 Å². The maximum Gasteiger partial charge on any atom is 0.259 e. The van der Waals surface area contributed by atoms with E-state index in [0.29, 0.717) is 43.0 Å². The Morgan fingerprint density at radius 3 is 2.47 bits per heavy atom. The Labute approximate surface area is 189 Å². The summed E-state index contributed by atoms with van der Waals surface area (Å²) in [5, 5.41) is 4.06. The molecule has 2 heterocycles. The molecule has 0 saturated carbocycles. The van der Waals surface area contributed by atoms with E-state index in [0.717, 1.165) is 0 Å². The molecule has 1 aliphatic heterocycles. The number of likely N-dealkylation sites (tertiary alicyclic amines) is 1. The third-order valence-corrected chi connectivity index (χ3v) is 6.12. The van der Waals surface area contributed by atoms with Crippen molar-refractivity contribution in [2.24, 2.45) is 5.92 Å². The number of rotatable bonds is 5. The summed E-state index contributed by atoms with van der Waals surface area (Å²) in [5.41, 5.74) is 0.949. The van der Waals surface area contributed by atoms with Crippen LogP contribution in [0.15, 0.2) is 47.0 Å². The molecule has 0 radical (unpaired) electrons. The van der Waals surface area contributed by atoms with Crippen molar-refractivity contribution < 1.29 is 23.2 Å². The van der Waals surface area contributed by atoms with Gasteiger partial charge in [-0.15, -0.1) is 0 Å². The number of hydrogen-bond acceptors (Lipinski definition) is 5. The molecule has 1 aliphatic rings. The molecule has 1 fully saturated rings. The van der Waals surface area contributed by atoms with Gasteiger partial charge >= 0.3 is 0 Å². The maximum absolute atomic E-state index is 14.4. The summed E-state index contributed by atoms with van der Waals surface area (Å²) in [5.74, 6) is -0.0223. The molecule has 1 aromatic heterocycles. The van der Waals surface area contributed by atoms with Crippen LogP contribution in [0, 0.1) is 18.7 Å². The minimum atomic E-state index is -0.580. The number of halogens is 2. The van der Waals surface area contributed by atoms with Crippen molar-refractivity contribution in [1.82, 2.24) is 10.1 Å². The lowest BCUT2D eigenvalue weighted by Gasteiger charge is -2.31. The Balaban J connectivity index is 1.50. The van der Waals surface area contributed by atoms with Crippen LogP contribution in [0.1, 0.15) is 39.3 Å². The number of ether oxygens (including phenoxy) is 1. The lowest BCUT2D eigenvalue weighted by atomic mass is 9.88. The van der Waals surface area contributed by atoms with E-state index < -0.39 is 5.82 Å². The fraction of sp³-hybridized carbons (Fsp3) is 0.292. The molecule has 0 atom stereocenters. The smallest absolute Gasteiger partial charge is 0.259 e. The molecule has 0 aliphatic carbocycles. The van der Waals surface area contributed by atoms with E-state index in [1.165, 1.54) is 18.2 Å². The van der Waals surface area contributed by atoms with Crippen molar-refractivity contribution >= 4 is 23.3 Å². The van der Waals surface area contributed by atoms with Crippen molar-refractivity contribution in [2.75, 3.05) is 20.2 Å². The Morgan fingerprint density at radius 2 is 1.84 bits per heavy atom. The number of nitrogens with zero attached hydrogens (tertiary/aromatic N) is 2. The fourth-order valence-electron chi connectivity index (χ4n) is 4.01. The molecule has 1 amide bonds. The molecule has 2 aromatic carbocycles. The van der Waals surface area contributed by atoms with Gasteiger partial charge in [0.2, 0.25) is 0 Å². The lowest BCUT2D eigenvalue weighted by molar-refractivity contribution is 0.0649. The van der Waals surface area contributed by atoms with E-state index in [-0.39, 0.29) is 39.5 Å². The number of piperidine rings is 1. The van der Waals surface area contributed by atoms with E-state index in [2.05, 4.69) is 5.16 Å². The number of aryl methyl sites for hydroxylation is 1. The van der Waals surface area contributed by atoms with Crippen LogP contribution < -0.4 is 4.74 Å². The lowest BCUT2D eigenvalue weighted by Crippen LogP contribution is -2.40. The van der Waals surface area contributed by atoms with Gasteiger partial charge in [0.1, 0.15) is 28.6 Å². The number of ketones is 1. The summed E-state index contributed by atoms with van der Waals surface area (Å²) in [6.07, 6.45) is 1.08. The molecule has 6 nitrogen and oxygen atoms in total. The van der Waals surface area contributed by atoms with Crippen molar-refractivity contribution in [3.63, 3.8) is 0 Å². The van der Waals surface area contributed by atoms with Gasteiger partial charge in [-0.25, -0.2) is 4.39 Å². The Hall–Kier alpha value is -3.19. The Bertz CT molecular complexity index is 1130. The predicted octanol–water partition coefficient (Wildman–Crippen LogP) is 5.19. The van der Waals surface area contributed by atoms with Gasteiger partial charge in [0.15, 0.2) is 5.78 Å². The van der Waals surface area contributed by atoms with Crippen LogP contribution >= 0.6 is 11.6 Å². The first-order valence-corrected chi connectivity index (χ1v) is 10.7. The second-order valence-electron chi connectivity index (χ2n) is 7.72. The summed E-state index contributed by atoms with van der Waals surface area (Å²) in [6, 6.07) is 11.3. The zero-order valence-corrected chi connectivity index (χ0v) is 18.5. The van der Waals surface area contributed by atoms with Crippen molar-refractivity contribution in [2.45, 2.75) is 19.8 Å². The van der Waals surface area contributed by atoms with Crippen LogP contribution in [0.5, 0.6) is 5.75 Å². The first-order valence-electron chi connectivity index (χ1n) is 10.3. The van der Waals surface area contributed by atoms with E-state index >= 15 is 0 Å². The number of benzene rings is 2. The fourth-order valence-corrected chi connectivity index (χ4v) is 4.27.